The van der Waals surface area contributed by atoms with E-state index in [9.17, 15) is 22.8 Å². The topological polar surface area (TPSA) is 58.6 Å². The van der Waals surface area contributed by atoms with Gasteiger partial charge in [0.05, 0.1) is 18.0 Å². The SMILES string of the molecule is CN(C)CC(CC(=O)OCc1ccccc1)NC(=O)CCCCCCCC=Cc1ccc(C(F)(F)F)cc1. The quantitative estimate of drug-likeness (QED) is 0.195. The van der Waals surface area contributed by atoms with Gasteiger partial charge in [-0.3, -0.25) is 9.59 Å². The molecule has 38 heavy (non-hydrogen) atoms. The lowest BCUT2D eigenvalue weighted by atomic mass is 10.1. The smallest absolute Gasteiger partial charge is 0.416 e. The number of carbonyl (C=O) groups is 2. The average Bonchev–Trinajstić information content (AvgIpc) is 2.86. The van der Waals surface area contributed by atoms with E-state index in [1.807, 2.05) is 61.5 Å². The zero-order valence-electron chi connectivity index (χ0n) is 22.3. The molecule has 1 N–H and O–H groups in total. The number of halogens is 3. The van der Waals surface area contributed by atoms with Crippen LogP contribution in [0.25, 0.3) is 6.08 Å². The van der Waals surface area contributed by atoms with Crippen LogP contribution in [0, 0.1) is 0 Å². The number of carbonyl (C=O) groups excluding carboxylic acids is 2. The lowest BCUT2D eigenvalue weighted by Gasteiger charge is -2.22. The minimum Gasteiger partial charge on any atom is -0.461 e. The van der Waals surface area contributed by atoms with Gasteiger partial charge in [0.1, 0.15) is 6.61 Å². The number of esters is 1. The molecule has 0 saturated carbocycles. The predicted octanol–water partition coefficient (Wildman–Crippen LogP) is 6.63. The van der Waals surface area contributed by atoms with Crippen molar-refractivity contribution in [2.75, 3.05) is 20.6 Å². The Labute approximate surface area is 224 Å². The van der Waals surface area contributed by atoms with Crippen molar-refractivity contribution in [3.05, 3.63) is 77.4 Å². The van der Waals surface area contributed by atoms with E-state index < -0.39 is 11.7 Å². The summed E-state index contributed by atoms with van der Waals surface area (Å²) in [6.07, 6.45) is 5.63. The normalized spacial score (nSPS) is 12.6. The molecule has 0 saturated heterocycles. The number of nitrogens with one attached hydrogen (secondary N) is 1. The predicted molar refractivity (Wildman–Crippen MR) is 144 cm³/mol. The van der Waals surface area contributed by atoms with Gasteiger partial charge >= 0.3 is 12.1 Å². The van der Waals surface area contributed by atoms with Crippen LogP contribution >= 0.6 is 0 Å². The highest BCUT2D eigenvalue weighted by molar-refractivity contribution is 5.77. The van der Waals surface area contributed by atoms with E-state index in [1.54, 1.807) is 0 Å². The molecule has 0 spiro atoms. The molecule has 1 amide bonds. The first-order valence-corrected chi connectivity index (χ1v) is 13.1. The summed E-state index contributed by atoms with van der Waals surface area (Å²) < 4.78 is 43.2. The number of hydrogen-bond donors (Lipinski definition) is 1. The first kappa shape index (κ1) is 31.1. The summed E-state index contributed by atoms with van der Waals surface area (Å²) in [5.74, 6) is -0.402. The van der Waals surface area contributed by atoms with Crippen molar-refractivity contribution in [3.8, 4) is 0 Å². The van der Waals surface area contributed by atoms with Gasteiger partial charge in [-0.15, -0.1) is 0 Å². The van der Waals surface area contributed by atoms with Crippen LogP contribution in [0.3, 0.4) is 0 Å². The lowest BCUT2D eigenvalue weighted by Crippen LogP contribution is -2.43. The number of amides is 1. The van der Waals surface area contributed by atoms with Crippen LogP contribution in [0.2, 0.25) is 0 Å². The molecule has 2 rings (SSSR count). The van der Waals surface area contributed by atoms with Gasteiger partial charge in [0, 0.05) is 13.0 Å². The molecule has 5 nitrogen and oxygen atoms in total. The molecule has 0 aliphatic carbocycles. The molecule has 0 radical (unpaired) electrons. The summed E-state index contributed by atoms with van der Waals surface area (Å²) >= 11 is 0. The monoisotopic (exact) mass is 532 g/mol. The summed E-state index contributed by atoms with van der Waals surface area (Å²) in [6.45, 7) is 0.763. The molecule has 2 aromatic rings. The van der Waals surface area contributed by atoms with Gasteiger partial charge in [0.2, 0.25) is 5.91 Å². The molecule has 8 heteroatoms. The van der Waals surface area contributed by atoms with Crippen LogP contribution in [-0.4, -0.2) is 43.5 Å². The highest BCUT2D eigenvalue weighted by Crippen LogP contribution is 2.29. The van der Waals surface area contributed by atoms with Crippen LogP contribution in [0.4, 0.5) is 13.2 Å². The van der Waals surface area contributed by atoms with Crippen molar-refractivity contribution >= 4 is 18.0 Å². The van der Waals surface area contributed by atoms with E-state index in [0.717, 1.165) is 61.8 Å². The van der Waals surface area contributed by atoms with E-state index in [4.69, 9.17) is 4.74 Å². The molecular weight excluding hydrogens is 493 g/mol. The number of ether oxygens (including phenoxy) is 1. The number of alkyl halides is 3. The van der Waals surface area contributed by atoms with Crippen molar-refractivity contribution in [1.29, 1.82) is 0 Å². The number of likely N-dealkylation sites (N-methyl/N-ethyl adjacent to an activating group) is 1. The highest BCUT2D eigenvalue weighted by atomic mass is 19.4. The zero-order valence-corrected chi connectivity index (χ0v) is 22.3. The number of rotatable bonds is 16. The van der Waals surface area contributed by atoms with Crippen LogP contribution in [0.1, 0.15) is 68.1 Å². The third-order valence-corrected chi connectivity index (χ3v) is 5.93. The Morgan fingerprint density at radius 1 is 0.947 bits per heavy atom. The van der Waals surface area contributed by atoms with Gasteiger partial charge in [-0.25, -0.2) is 0 Å². The molecule has 208 valence electrons. The van der Waals surface area contributed by atoms with Crippen molar-refractivity contribution < 1.29 is 27.5 Å². The minimum atomic E-state index is -4.31. The summed E-state index contributed by atoms with van der Waals surface area (Å²) in [4.78, 5) is 26.6. The molecule has 0 aliphatic rings. The molecule has 0 aromatic heterocycles. The molecule has 0 bridgehead atoms. The molecule has 0 fully saturated rings. The molecule has 2 aromatic carbocycles. The molecule has 1 atom stereocenters. The fraction of sp³-hybridized carbons (Fsp3) is 0.467. The number of hydrogen-bond acceptors (Lipinski definition) is 4. The number of benzene rings is 2. The highest BCUT2D eigenvalue weighted by Gasteiger charge is 2.29. The molecule has 0 aliphatic heterocycles. The zero-order chi connectivity index (χ0) is 27.8. The largest absolute Gasteiger partial charge is 0.461 e. The second kappa shape index (κ2) is 16.7. The first-order valence-electron chi connectivity index (χ1n) is 13.1. The van der Waals surface area contributed by atoms with Crippen molar-refractivity contribution in [2.45, 2.75) is 70.2 Å². The minimum absolute atomic E-state index is 0.0628. The second-order valence-electron chi connectivity index (χ2n) is 9.71. The average molecular weight is 533 g/mol. The van der Waals surface area contributed by atoms with Gasteiger partial charge in [-0.05, 0) is 56.6 Å². The Kier molecular flexibility index (Phi) is 13.6. The Bertz CT molecular complexity index is 990. The van der Waals surface area contributed by atoms with E-state index in [1.165, 1.54) is 12.1 Å². The van der Waals surface area contributed by atoms with Crippen molar-refractivity contribution in [1.82, 2.24) is 10.2 Å². The first-order chi connectivity index (χ1) is 18.1. The standard InChI is InChI=1S/C30H39F3N2O3/c1-35(2)22-27(21-29(37)38-23-25-14-10-8-11-15-25)34-28(36)16-12-7-5-3-4-6-9-13-24-17-19-26(20-18-24)30(31,32)33/h8-11,13-15,17-20,27H,3-7,12,16,21-23H2,1-2H3,(H,34,36). The van der Waals surface area contributed by atoms with Crippen molar-refractivity contribution in [3.63, 3.8) is 0 Å². The van der Waals surface area contributed by atoms with Crippen LogP contribution in [0.15, 0.2) is 60.7 Å². The van der Waals surface area contributed by atoms with E-state index >= 15 is 0 Å². The third kappa shape index (κ3) is 13.4. The van der Waals surface area contributed by atoms with Gasteiger partial charge < -0.3 is 15.0 Å². The Balaban J connectivity index is 1.58. The Hall–Kier alpha value is -3.13. The van der Waals surface area contributed by atoms with E-state index in [-0.39, 0.29) is 30.9 Å². The van der Waals surface area contributed by atoms with Crippen LogP contribution < -0.4 is 5.32 Å². The summed E-state index contributed by atoms with van der Waals surface area (Å²) in [5, 5.41) is 2.97. The molecule has 1 unspecified atom stereocenters. The van der Waals surface area contributed by atoms with E-state index in [2.05, 4.69) is 5.32 Å². The third-order valence-electron chi connectivity index (χ3n) is 5.93. The number of allylic oxidation sites excluding steroid dienone is 1. The van der Waals surface area contributed by atoms with Gasteiger partial charge in [0.15, 0.2) is 0 Å². The number of unbranched alkanes of at least 4 members (excludes halogenated alkanes) is 5. The maximum atomic E-state index is 12.6. The maximum Gasteiger partial charge on any atom is 0.416 e. The summed E-state index contributed by atoms with van der Waals surface area (Å²) in [6, 6.07) is 14.3. The maximum absolute atomic E-state index is 12.6. The van der Waals surface area contributed by atoms with Crippen molar-refractivity contribution in [2.24, 2.45) is 0 Å². The van der Waals surface area contributed by atoms with Crippen LogP contribution in [-0.2, 0) is 27.1 Å². The fourth-order valence-electron chi connectivity index (χ4n) is 3.98. The summed E-state index contributed by atoms with van der Waals surface area (Å²) in [5.41, 5.74) is 1.03. The van der Waals surface area contributed by atoms with Crippen LogP contribution in [0.5, 0.6) is 0 Å². The fourth-order valence-corrected chi connectivity index (χ4v) is 3.98. The lowest BCUT2D eigenvalue weighted by molar-refractivity contribution is -0.145. The Morgan fingerprint density at radius 2 is 1.61 bits per heavy atom. The van der Waals surface area contributed by atoms with Gasteiger partial charge in [-0.1, -0.05) is 73.9 Å². The van der Waals surface area contributed by atoms with Gasteiger partial charge in [-0.2, -0.15) is 13.2 Å². The van der Waals surface area contributed by atoms with E-state index in [0.29, 0.717) is 13.0 Å². The van der Waals surface area contributed by atoms with Gasteiger partial charge in [0.25, 0.3) is 0 Å². The summed E-state index contributed by atoms with van der Waals surface area (Å²) in [7, 11) is 3.79. The number of nitrogens with zero attached hydrogens (tertiary/aromatic N) is 1. The Morgan fingerprint density at radius 3 is 2.26 bits per heavy atom. The molecular formula is C30H39F3N2O3. The second-order valence-corrected chi connectivity index (χ2v) is 9.71. The molecule has 0 heterocycles.